The maximum absolute atomic E-state index is 8.64. The molecule has 3 heteroatoms. The Balaban J connectivity index is 2.46. The fourth-order valence-electron chi connectivity index (χ4n) is 2.16. The third kappa shape index (κ3) is 3.46. The summed E-state index contributed by atoms with van der Waals surface area (Å²) >= 11 is 3.64. The van der Waals surface area contributed by atoms with Crippen molar-refractivity contribution in [1.82, 2.24) is 4.90 Å². The van der Waals surface area contributed by atoms with Crippen LogP contribution in [0, 0.1) is 16.7 Å². The van der Waals surface area contributed by atoms with Crippen LogP contribution in [0.25, 0.3) is 0 Å². The van der Waals surface area contributed by atoms with E-state index >= 15 is 0 Å². The highest BCUT2D eigenvalue weighted by Gasteiger charge is 2.37. The van der Waals surface area contributed by atoms with Crippen molar-refractivity contribution in [3.8, 4) is 6.07 Å². The molecule has 0 aromatic carbocycles. The van der Waals surface area contributed by atoms with Crippen molar-refractivity contribution >= 4 is 15.9 Å². The highest BCUT2D eigenvalue weighted by Crippen LogP contribution is 2.43. The topological polar surface area (TPSA) is 27.0 Å². The zero-order valence-corrected chi connectivity index (χ0v) is 11.4. The van der Waals surface area contributed by atoms with Gasteiger partial charge >= 0.3 is 0 Å². The van der Waals surface area contributed by atoms with Crippen LogP contribution in [0.4, 0.5) is 0 Å². The van der Waals surface area contributed by atoms with E-state index in [2.05, 4.69) is 40.7 Å². The standard InChI is InChI=1S/C12H21BrN2/c1-11(2)15(8-4-7-14)10-12(9-13)5-3-6-12/h11H,3-6,8-10H2,1-2H3. The Morgan fingerprint density at radius 3 is 2.47 bits per heavy atom. The third-order valence-corrected chi connectivity index (χ3v) is 4.67. The van der Waals surface area contributed by atoms with Crippen LogP contribution in [0.3, 0.4) is 0 Å². The molecule has 0 bridgehead atoms. The van der Waals surface area contributed by atoms with Gasteiger partial charge in [-0.2, -0.15) is 5.26 Å². The molecule has 0 saturated heterocycles. The first-order valence-electron chi connectivity index (χ1n) is 5.80. The van der Waals surface area contributed by atoms with Crippen molar-refractivity contribution < 1.29 is 0 Å². The monoisotopic (exact) mass is 272 g/mol. The summed E-state index contributed by atoms with van der Waals surface area (Å²) in [5, 5.41) is 9.74. The Bertz CT molecular complexity index is 223. The van der Waals surface area contributed by atoms with Gasteiger partial charge in [-0.1, -0.05) is 22.4 Å². The first kappa shape index (κ1) is 13.0. The molecule has 0 heterocycles. The largest absolute Gasteiger partial charge is 0.299 e. The van der Waals surface area contributed by atoms with Gasteiger partial charge in [-0.25, -0.2) is 0 Å². The molecular formula is C12H21BrN2. The molecule has 0 radical (unpaired) electrons. The highest BCUT2D eigenvalue weighted by molar-refractivity contribution is 9.09. The highest BCUT2D eigenvalue weighted by atomic mass is 79.9. The van der Waals surface area contributed by atoms with Crippen LogP contribution in [0.5, 0.6) is 0 Å². The van der Waals surface area contributed by atoms with Gasteiger partial charge in [0.05, 0.1) is 6.07 Å². The Kier molecular flexibility index (Phi) is 5.08. The lowest BCUT2D eigenvalue weighted by Gasteiger charge is -2.45. The van der Waals surface area contributed by atoms with E-state index in [9.17, 15) is 0 Å². The second-order valence-corrected chi connectivity index (χ2v) is 5.52. The van der Waals surface area contributed by atoms with Crippen LogP contribution < -0.4 is 0 Å². The number of nitriles is 1. The van der Waals surface area contributed by atoms with Gasteiger partial charge in [0, 0.05) is 30.9 Å². The Morgan fingerprint density at radius 2 is 2.13 bits per heavy atom. The van der Waals surface area contributed by atoms with Crippen LogP contribution in [0.15, 0.2) is 0 Å². The molecule has 2 nitrogen and oxygen atoms in total. The Morgan fingerprint density at radius 1 is 1.47 bits per heavy atom. The van der Waals surface area contributed by atoms with E-state index < -0.39 is 0 Å². The van der Waals surface area contributed by atoms with Gasteiger partial charge in [-0.3, -0.25) is 4.90 Å². The summed E-state index contributed by atoms with van der Waals surface area (Å²) in [7, 11) is 0. The van der Waals surface area contributed by atoms with Crippen LogP contribution in [0.2, 0.25) is 0 Å². The number of nitrogens with zero attached hydrogens (tertiary/aromatic N) is 2. The van der Waals surface area contributed by atoms with E-state index in [1.165, 1.54) is 19.3 Å². The molecule has 1 fully saturated rings. The van der Waals surface area contributed by atoms with E-state index in [4.69, 9.17) is 5.26 Å². The molecule has 0 aromatic rings. The van der Waals surface area contributed by atoms with Gasteiger partial charge in [0.15, 0.2) is 0 Å². The minimum atomic E-state index is 0.500. The van der Waals surface area contributed by atoms with Gasteiger partial charge in [-0.15, -0.1) is 0 Å². The minimum absolute atomic E-state index is 0.500. The van der Waals surface area contributed by atoms with Crippen LogP contribution >= 0.6 is 15.9 Å². The summed E-state index contributed by atoms with van der Waals surface area (Å²) in [6, 6.07) is 2.79. The molecule has 0 amide bonds. The molecule has 86 valence electrons. The summed E-state index contributed by atoms with van der Waals surface area (Å²) in [4.78, 5) is 2.45. The maximum atomic E-state index is 8.64. The number of hydrogen-bond acceptors (Lipinski definition) is 2. The van der Waals surface area contributed by atoms with Crippen LogP contribution in [-0.2, 0) is 0 Å². The Labute approximate surface area is 102 Å². The molecule has 1 aliphatic carbocycles. The SMILES string of the molecule is CC(C)N(CCC#N)CC1(CBr)CCC1. The molecule has 0 aliphatic heterocycles. The molecule has 1 saturated carbocycles. The molecular weight excluding hydrogens is 252 g/mol. The number of hydrogen-bond donors (Lipinski definition) is 0. The summed E-state index contributed by atoms with van der Waals surface area (Å²) in [6.07, 6.45) is 4.70. The zero-order chi connectivity index (χ0) is 11.3. The molecule has 15 heavy (non-hydrogen) atoms. The summed E-state index contributed by atoms with van der Waals surface area (Å²) in [5.74, 6) is 0. The Hall–Kier alpha value is -0.0700. The lowest BCUT2D eigenvalue weighted by Crippen LogP contribution is -2.46. The van der Waals surface area contributed by atoms with E-state index in [-0.39, 0.29) is 0 Å². The van der Waals surface area contributed by atoms with Crippen molar-refractivity contribution in [2.45, 2.75) is 45.6 Å². The molecule has 0 atom stereocenters. The molecule has 1 aliphatic rings. The molecule has 0 N–H and O–H groups in total. The molecule has 0 unspecified atom stereocenters. The maximum Gasteiger partial charge on any atom is 0.0635 e. The molecule has 0 aromatic heterocycles. The molecule has 0 spiro atoms. The van der Waals surface area contributed by atoms with Gasteiger partial charge in [-0.05, 0) is 32.1 Å². The zero-order valence-electron chi connectivity index (χ0n) is 9.80. The first-order chi connectivity index (χ1) is 7.13. The van der Waals surface area contributed by atoms with Gasteiger partial charge in [0.1, 0.15) is 0 Å². The van der Waals surface area contributed by atoms with E-state index in [0.29, 0.717) is 17.9 Å². The normalized spacial score (nSPS) is 18.9. The quantitative estimate of drug-likeness (QED) is 0.695. The lowest BCUT2D eigenvalue weighted by atomic mass is 9.70. The smallest absolute Gasteiger partial charge is 0.0635 e. The van der Waals surface area contributed by atoms with Gasteiger partial charge in [0.25, 0.3) is 0 Å². The summed E-state index contributed by atoms with van der Waals surface area (Å²) < 4.78 is 0. The van der Waals surface area contributed by atoms with Crippen molar-refractivity contribution in [1.29, 1.82) is 5.26 Å². The van der Waals surface area contributed by atoms with Crippen molar-refractivity contribution in [2.75, 3.05) is 18.4 Å². The molecule has 1 rings (SSSR count). The van der Waals surface area contributed by atoms with Crippen LogP contribution in [-0.4, -0.2) is 29.4 Å². The van der Waals surface area contributed by atoms with Crippen LogP contribution in [0.1, 0.15) is 39.5 Å². The van der Waals surface area contributed by atoms with E-state index in [1.54, 1.807) is 0 Å². The second kappa shape index (κ2) is 5.86. The predicted molar refractivity (Wildman–Crippen MR) is 67.0 cm³/mol. The number of rotatable bonds is 6. The number of alkyl halides is 1. The average molecular weight is 273 g/mol. The predicted octanol–water partition coefficient (Wildman–Crippen LogP) is 3.18. The van der Waals surface area contributed by atoms with Crippen molar-refractivity contribution in [3.63, 3.8) is 0 Å². The van der Waals surface area contributed by atoms with Crippen molar-refractivity contribution in [3.05, 3.63) is 0 Å². The number of halogens is 1. The fraction of sp³-hybridized carbons (Fsp3) is 0.917. The van der Waals surface area contributed by atoms with Gasteiger partial charge < -0.3 is 0 Å². The summed E-state index contributed by atoms with van der Waals surface area (Å²) in [5.41, 5.74) is 0.500. The minimum Gasteiger partial charge on any atom is -0.299 e. The third-order valence-electron chi connectivity index (χ3n) is 3.48. The van der Waals surface area contributed by atoms with E-state index in [0.717, 1.165) is 18.4 Å². The first-order valence-corrected chi connectivity index (χ1v) is 6.93. The van der Waals surface area contributed by atoms with Gasteiger partial charge in [0.2, 0.25) is 0 Å². The lowest BCUT2D eigenvalue weighted by molar-refractivity contribution is 0.0747. The van der Waals surface area contributed by atoms with E-state index in [1.807, 2.05) is 0 Å². The fourth-order valence-corrected chi connectivity index (χ4v) is 2.89. The summed E-state index contributed by atoms with van der Waals surface area (Å²) in [6.45, 7) is 6.51. The average Bonchev–Trinajstić information content (AvgIpc) is 2.15. The van der Waals surface area contributed by atoms with Crippen molar-refractivity contribution in [2.24, 2.45) is 5.41 Å². The second-order valence-electron chi connectivity index (χ2n) is 4.96.